The number of halogens is 2. The Balaban J connectivity index is 2.03. The highest BCUT2D eigenvalue weighted by Gasteiger charge is 2.10. The molecule has 5 heteroatoms. The van der Waals surface area contributed by atoms with Gasteiger partial charge in [-0.2, -0.15) is 0 Å². The van der Waals surface area contributed by atoms with Crippen molar-refractivity contribution in [3.05, 3.63) is 58.4 Å². The third-order valence-electron chi connectivity index (χ3n) is 2.80. The molecule has 0 N–H and O–H groups in total. The van der Waals surface area contributed by atoms with E-state index < -0.39 is 0 Å². The Morgan fingerprint density at radius 1 is 1.05 bits per heavy atom. The summed E-state index contributed by atoms with van der Waals surface area (Å²) in [6.07, 6.45) is 0. The minimum absolute atomic E-state index is 0.328. The number of aromatic nitrogens is 2. The molecule has 1 aromatic heterocycles. The molecule has 0 fully saturated rings. The third-order valence-corrected chi connectivity index (χ3v) is 3.42. The average Bonchev–Trinajstić information content (AvgIpc) is 2.42. The van der Waals surface area contributed by atoms with Crippen molar-refractivity contribution >= 4 is 27.0 Å². The van der Waals surface area contributed by atoms with Crippen LogP contribution in [-0.2, 0) is 0 Å². The number of fused-ring (bicyclic) bond motifs is 1. The Morgan fingerprint density at radius 3 is 2.45 bits per heavy atom. The topological polar surface area (TPSA) is 35.0 Å². The van der Waals surface area contributed by atoms with Crippen molar-refractivity contribution in [2.45, 2.75) is 6.92 Å². The quantitative estimate of drug-likeness (QED) is 0.686. The Labute approximate surface area is 123 Å². The predicted octanol–water partition coefficient (Wildman–Crippen LogP) is 4.63. The second-order valence-corrected chi connectivity index (χ2v) is 5.13. The van der Waals surface area contributed by atoms with E-state index in [1.54, 1.807) is 6.07 Å². The van der Waals surface area contributed by atoms with Crippen LogP contribution in [0.4, 0.5) is 4.39 Å². The lowest BCUT2D eigenvalue weighted by atomic mass is 10.3. The number of nitrogens with zero attached hydrogens (tertiary/aromatic N) is 2. The van der Waals surface area contributed by atoms with Crippen LogP contribution in [0.2, 0.25) is 0 Å². The summed E-state index contributed by atoms with van der Waals surface area (Å²) in [6.45, 7) is 1.83. The fourth-order valence-corrected chi connectivity index (χ4v) is 2.26. The van der Waals surface area contributed by atoms with E-state index in [0.29, 0.717) is 21.8 Å². The molecule has 0 bridgehead atoms. The van der Waals surface area contributed by atoms with Crippen LogP contribution in [0.1, 0.15) is 5.69 Å². The molecule has 3 nitrogen and oxygen atoms in total. The van der Waals surface area contributed by atoms with E-state index in [0.717, 1.165) is 11.0 Å². The number of hydrogen-bond acceptors (Lipinski definition) is 3. The van der Waals surface area contributed by atoms with Crippen LogP contribution < -0.4 is 4.74 Å². The van der Waals surface area contributed by atoms with Gasteiger partial charge in [0.05, 0.1) is 15.5 Å². The summed E-state index contributed by atoms with van der Waals surface area (Å²) in [5, 5.41) is 0. The molecule has 3 aromatic rings. The highest BCUT2D eigenvalue weighted by atomic mass is 79.9. The van der Waals surface area contributed by atoms with Crippen LogP contribution in [0.25, 0.3) is 11.0 Å². The van der Waals surface area contributed by atoms with Crippen LogP contribution in [0.15, 0.2) is 46.9 Å². The molecule has 0 unspecified atom stereocenters. The van der Waals surface area contributed by atoms with Crippen molar-refractivity contribution in [2.24, 2.45) is 0 Å². The molecule has 20 heavy (non-hydrogen) atoms. The standard InChI is InChI=1S/C15H10BrFN2O/c1-9-15(19-13-5-3-2-4-12(13)18-9)20-14-7-6-10(17)8-11(14)16/h2-8H,1H3. The van der Waals surface area contributed by atoms with Crippen LogP contribution >= 0.6 is 15.9 Å². The van der Waals surface area contributed by atoms with Gasteiger partial charge in [0.25, 0.3) is 0 Å². The van der Waals surface area contributed by atoms with Crippen LogP contribution in [0.5, 0.6) is 11.6 Å². The SMILES string of the molecule is Cc1nc2ccccc2nc1Oc1ccc(F)cc1Br. The lowest BCUT2D eigenvalue weighted by Crippen LogP contribution is -1.96. The van der Waals surface area contributed by atoms with E-state index in [9.17, 15) is 4.39 Å². The van der Waals surface area contributed by atoms with Gasteiger partial charge in [-0.15, -0.1) is 0 Å². The fraction of sp³-hybridized carbons (Fsp3) is 0.0667. The Bertz CT molecular complexity index is 792. The Hall–Kier alpha value is -2.01. The molecule has 0 aliphatic heterocycles. The molecule has 0 aliphatic rings. The molecule has 100 valence electrons. The number of rotatable bonds is 2. The molecule has 0 saturated heterocycles. The molecule has 0 saturated carbocycles. The lowest BCUT2D eigenvalue weighted by molar-refractivity contribution is 0.453. The number of aryl methyl sites for hydroxylation is 1. The van der Waals surface area contributed by atoms with Crippen LogP contribution in [0, 0.1) is 12.7 Å². The second-order valence-electron chi connectivity index (χ2n) is 4.28. The van der Waals surface area contributed by atoms with E-state index >= 15 is 0 Å². The lowest BCUT2D eigenvalue weighted by Gasteiger charge is -2.09. The van der Waals surface area contributed by atoms with Crippen molar-refractivity contribution in [1.82, 2.24) is 9.97 Å². The molecule has 3 rings (SSSR count). The maximum Gasteiger partial charge on any atom is 0.241 e. The fourth-order valence-electron chi connectivity index (χ4n) is 1.83. The zero-order valence-corrected chi connectivity index (χ0v) is 12.2. The number of hydrogen-bond donors (Lipinski definition) is 0. The summed E-state index contributed by atoms with van der Waals surface area (Å²) in [4.78, 5) is 8.88. The minimum atomic E-state index is -0.328. The van der Waals surface area contributed by atoms with E-state index in [-0.39, 0.29) is 5.82 Å². The maximum atomic E-state index is 13.1. The van der Waals surface area contributed by atoms with Crippen LogP contribution in [0.3, 0.4) is 0 Å². The van der Waals surface area contributed by atoms with Crippen LogP contribution in [-0.4, -0.2) is 9.97 Å². The normalized spacial score (nSPS) is 10.8. The zero-order valence-electron chi connectivity index (χ0n) is 10.6. The highest BCUT2D eigenvalue weighted by molar-refractivity contribution is 9.10. The zero-order chi connectivity index (χ0) is 14.1. The summed E-state index contributed by atoms with van der Waals surface area (Å²) in [6, 6.07) is 11.8. The number of para-hydroxylation sites is 2. The van der Waals surface area contributed by atoms with E-state index in [1.807, 2.05) is 31.2 Å². The van der Waals surface area contributed by atoms with Crippen molar-refractivity contribution < 1.29 is 9.13 Å². The summed E-state index contributed by atoms with van der Waals surface area (Å²) in [5.41, 5.74) is 2.25. The number of ether oxygens (including phenoxy) is 1. The molecule has 1 heterocycles. The minimum Gasteiger partial charge on any atom is -0.436 e. The molecule has 0 spiro atoms. The van der Waals surface area contributed by atoms with Crippen molar-refractivity contribution in [2.75, 3.05) is 0 Å². The van der Waals surface area contributed by atoms with Gasteiger partial charge in [-0.25, -0.2) is 14.4 Å². The third kappa shape index (κ3) is 2.49. The molecule has 0 amide bonds. The molecule has 0 atom stereocenters. The van der Waals surface area contributed by atoms with Crippen molar-refractivity contribution in [3.8, 4) is 11.6 Å². The molecule has 0 radical (unpaired) electrons. The monoisotopic (exact) mass is 332 g/mol. The van der Waals surface area contributed by atoms with Gasteiger partial charge in [0.2, 0.25) is 5.88 Å². The van der Waals surface area contributed by atoms with Gasteiger partial charge in [0.15, 0.2) is 0 Å². The van der Waals surface area contributed by atoms with Gasteiger partial charge < -0.3 is 4.74 Å². The first-order chi connectivity index (χ1) is 9.63. The summed E-state index contributed by atoms with van der Waals surface area (Å²) in [7, 11) is 0. The second kappa shape index (κ2) is 5.17. The number of benzene rings is 2. The van der Waals surface area contributed by atoms with Crippen molar-refractivity contribution in [3.63, 3.8) is 0 Å². The predicted molar refractivity (Wildman–Crippen MR) is 78.4 cm³/mol. The Kier molecular flexibility index (Phi) is 3.36. The average molecular weight is 333 g/mol. The summed E-state index contributed by atoms with van der Waals surface area (Å²) in [5.74, 6) is 0.584. The summed E-state index contributed by atoms with van der Waals surface area (Å²) < 4.78 is 19.3. The van der Waals surface area contributed by atoms with Gasteiger partial charge in [-0.05, 0) is 53.2 Å². The molecule has 0 aliphatic carbocycles. The van der Waals surface area contributed by atoms with Gasteiger partial charge >= 0.3 is 0 Å². The van der Waals surface area contributed by atoms with E-state index in [4.69, 9.17) is 4.74 Å². The van der Waals surface area contributed by atoms with Gasteiger partial charge in [0, 0.05) is 0 Å². The maximum absolute atomic E-state index is 13.1. The van der Waals surface area contributed by atoms with Crippen molar-refractivity contribution in [1.29, 1.82) is 0 Å². The van der Waals surface area contributed by atoms with Gasteiger partial charge in [-0.3, -0.25) is 0 Å². The molecule has 2 aromatic carbocycles. The van der Waals surface area contributed by atoms with Gasteiger partial charge in [-0.1, -0.05) is 12.1 Å². The highest BCUT2D eigenvalue weighted by Crippen LogP contribution is 2.31. The summed E-state index contributed by atoms with van der Waals surface area (Å²) >= 11 is 3.27. The van der Waals surface area contributed by atoms with E-state index in [2.05, 4.69) is 25.9 Å². The van der Waals surface area contributed by atoms with Gasteiger partial charge in [0.1, 0.15) is 17.3 Å². The molecular weight excluding hydrogens is 323 g/mol. The van der Waals surface area contributed by atoms with E-state index in [1.165, 1.54) is 12.1 Å². The molecular formula is C15H10BrFN2O. The first-order valence-electron chi connectivity index (χ1n) is 6.00. The first kappa shape index (κ1) is 13.0. The Morgan fingerprint density at radius 2 is 1.75 bits per heavy atom. The first-order valence-corrected chi connectivity index (χ1v) is 6.79. The largest absolute Gasteiger partial charge is 0.436 e. The smallest absolute Gasteiger partial charge is 0.241 e.